The number of benzene rings is 2. The second-order valence-corrected chi connectivity index (χ2v) is 8.90. The van der Waals surface area contributed by atoms with Gasteiger partial charge in [-0.2, -0.15) is 0 Å². The van der Waals surface area contributed by atoms with Crippen molar-refractivity contribution >= 4 is 29.3 Å². The minimum atomic E-state index is -0.354. The fourth-order valence-corrected chi connectivity index (χ4v) is 4.84. The van der Waals surface area contributed by atoms with Gasteiger partial charge in [0.25, 0.3) is 5.91 Å². The van der Waals surface area contributed by atoms with Crippen molar-refractivity contribution in [3.8, 4) is 0 Å². The molecule has 0 saturated carbocycles. The number of nitrogens with one attached hydrogen (secondary N) is 1. The molecule has 1 aromatic heterocycles. The van der Waals surface area contributed by atoms with Crippen molar-refractivity contribution in [3.63, 3.8) is 0 Å². The molecular weight excluding hydrogens is 441 g/mol. The van der Waals surface area contributed by atoms with Gasteiger partial charge in [0.2, 0.25) is 5.91 Å². The first-order valence-corrected chi connectivity index (χ1v) is 11.9. The molecule has 1 N–H and O–H groups in total. The quantitative estimate of drug-likeness (QED) is 0.519. The number of thioether (sulfide) groups is 1. The van der Waals surface area contributed by atoms with E-state index in [-0.39, 0.29) is 29.4 Å². The number of carbonyl (C=O) groups excluding carboxylic acids is 2. The number of anilines is 1. The topological polar surface area (TPSA) is 80.1 Å². The molecule has 0 radical (unpaired) electrons. The Morgan fingerprint density at radius 3 is 2.70 bits per heavy atom. The molecule has 1 fully saturated rings. The Labute approximate surface area is 196 Å². The van der Waals surface area contributed by atoms with Gasteiger partial charge in [0.1, 0.15) is 5.82 Å². The van der Waals surface area contributed by atoms with Gasteiger partial charge in [-0.1, -0.05) is 29.5 Å². The number of halogens is 1. The summed E-state index contributed by atoms with van der Waals surface area (Å²) in [5, 5.41) is 12.1. The highest BCUT2D eigenvalue weighted by Crippen LogP contribution is 2.34. The lowest BCUT2D eigenvalue weighted by molar-refractivity contribution is -0.113. The lowest BCUT2D eigenvalue weighted by Gasteiger charge is -2.24. The molecule has 1 atom stereocenters. The van der Waals surface area contributed by atoms with Crippen LogP contribution in [0.15, 0.2) is 53.7 Å². The van der Waals surface area contributed by atoms with Crippen LogP contribution in [0, 0.1) is 12.7 Å². The van der Waals surface area contributed by atoms with Gasteiger partial charge >= 0.3 is 0 Å². The SMILES string of the molecule is CCn1c(SCC(=O)Nc2ccc(F)cc2)nnc1C1CCCN1C(=O)c1cccc(C)c1. The van der Waals surface area contributed by atoms with Crippen LogP contribution in [0.4, 0.5) is 10.1 Å². The van der Waals surface area contributed by atoms with Gasteiger partial charge < -0.3 is 14.8 Å². The van der Waals surface area contributed by atoms with Crippen LogP contribution in [-0.2, 0) is 11.3 Å². The molecule has 2 aromatic carbocycles. The van der Waals surface area contributed by atoms with Gasteiger partial charge in [0, 0.05) is 24.3 Å². The van der Waals surface area contributed by atoms with E-state index in [2.05, 4.69) is 15.5 Å². The van der Waals surface area contributed by atoms with E-state index in [4.69, 9.17) is 0 Å². The molecule has 9 heteroatoms. The molecule has 1 aliphatic heterocycles. The van der Waals surface area contributed by atoms with Crippen LogP contribution in [0.25, 0.3) is 0 Å². The third-order valence-corrected chi connectivity index (χ3v) is 6.57. The van der Waals surface area contributed by atoms with Crippen molar-refractivity contribution in [2.24, 2.45) is 0 Å². The van der Waals surface area contributed by atoms with Crippen molar-refractivity contribution in [3.05, 3.63) is 71.3 Å². The number of rotatable bonds is 7. The Balaban J connectivity index is 1.45. The predicted molar refractivity (Wildman–Crippen MR) is 126 cm³/mol. The Bertz CT molecular complexity index is 1150. The van der Waals surface area contributed by atoms with Gasteiger partial charge in [0.15, 0.2) is 11.0 Å². The van der Waals surface area contributed by atoms with Crippen molar-refractivity contribution in [1.29, 1.82) is 0 Å². The summed E-state index contributed by atoms with van der Waals surface area (Å²) >= 11 is 1.29. The van der Waals surface area contributed by atoms with Crippen LogP contribution in [-0.4, -0.2) is 43.8 Å². The summed E-state index contributed by atoms with van der Waals surface area (Å²) in [6.07, 6.45) is 1.73. The molecular formula is C24H26FN5O2S. The molecule has 2 heterocycles. The molecule has 1 saturated heterocycles. The van der Waals surface area contributed by atoms with Gasteiger partial charge in [-0.05, 0) is 63.1 Å². The van der Waals surface area contributed by atoms with Crippen molar-refractivity contribution < 1.29 is 14.0 Å². The molecule has 33 heavy (non-hydrogen) atoms. The Hall–Kier alpha value is -3.20. The highest BCUT2D eigenvalue weighted by molar-refractivity contribution is 7.99. The number of aryl methyl sites for hydroxylation is 1. The van der Waals surface area contributed by atoms with E-state index in [1.54, 1.807) is 0 Å². The fraction of sp³-hybridized carbons (Fsp3) is 0.333. The molecule has 172 valence electrons. The zero-order chi connectivity index (χ0) is 23.4. The lowest BCUT2D eigenvalue weighted by atomic mass is 10.1. The Morgan fingerprint density at radius 1 is 1.18 bits per heavy atom. The number of hydrogen-bond donors (Lipinski definition) is 1. The summed E-state index contributed by atoms with van der Waals surface area (Å²) < 4.78 is 15.0. The summed E-state index contributed by atoms with van der Waals surface area (Å²) in [5.74, 6) is 0.326. The largest absolute Gasteiger partial charge is 0.328 e. The maximum absolute atomic E-state index is 13.2. The maximum Gasteiger partial charge on any atom is 0.254 e. The Kier molecular flexibility index (Phi) is 7.08. The average molecular weight is 468 g/mol. The summed E-state index contributed by atoms with van der Waals surface area (Å²) in [7, 11) is 0. The first kappa shape index (κ1) is 23.0. The van der Waals surface area contributed by atoms with E-state index < -0.39 is 0 Å². The smallest absolute Gasteiger partial charge is 0.254 e. The van der Waals surface area contributed by atoms with E-state index in [0.29, 0.717) is 29.5 Å². The van der Waals surface area contributed by atoms with E-state index in [0.717, 1.165) is 24.2 Å². The monoisotopic (exact) mass is 467 g/mol. The van der Waals surface area contributed by atoms with Gasteiger partial charge in [-0.3, -0.25) is 9.59 Å². The lowest BCUT2D eigenvalue weighted by Crippen LogP contribution is -2.32. The zero-order valence-corrected chi connectivity index (χ0v) is 19.4. The van der Waals surface area contributed by atoms with Crippen LogP contribution in [0.1, 0.15) is 47.6 Å². The third kappa shape index (κ3) is 5.24. The molecule has 2 amide bonds. The van der Waals surface area contributed by atoms with E-state index in [1.165, 1.54) is 36.0 Å². The highest BCUT2D eigenvalue weighted by atomic mass is 32.2. The van der Waals surface area contributed by atoms with Crippen molar-refractivity contribution in [2.45, 2.75) is 44.4 Å². The Morgan fingerprint density at radius 2 is 1.97 bits per heavy atom. The van der Waals surface area contributed by atoms with E-state index >= 15 is 0 Å². The number of aromatic nitrogens is 3. The summed E-state index contributed by atoms with van der Waals surface area (Å²) in [6.45, 7) is 5.28. The van der Waals surface area contributed by atoms with E-state index in [9.17, 15) is 14.0 Å². The molecule has 3 aromatic rings. The predicted octanol–water partition coefficient (Wildman–Crippen LogP) is 4.45. The highest BCUT2D eigenvalue weighted by Gasteiger charge is 2.34. The summed E-state index contributed by atoms with van der Waals surface area (Å²) in [6, 6.07) is 13.1. The molecule has 0 bridgehead atoms. The molecule has 1 unspecified atom stereocenters. The summed E-state index contributed by atoms with van der Waals surface area (Å²) in [4.78, 5) is 27.4. The normalized spacial score (nSPS) is 15.6. The summed E-state index contributed by atoms with van der Waals surface area (Å²) in [5.41, 5.74) is 2.26. The molecule has 0 spiro atoms. The van der Waals surface area contributed by atoms with Crippen LogP contribution >= 0.6 is 11.8 Å². The first-order valence-electron chi connectivity index (χ1n) is 10.9. The standard InChI is InChI=1S/C24H26FN5O2S/c1-3-29-22(20-8-5-13-30(20)23(32)17-7-4-6-16(2)14-17)27-28-24(29)33-15-21(31)26-19-11-9-18(25)10-12-19/h4,6-7,9-12,14,20H,3,5,8,13,15H2,1-2H3,(H,26,31). The number of carbonyl (C=O) groups is 2. The minimum Gasteiger partial charge on any atom is -0.328 e. The van der Waals surface area contributed by atoms with E-state index in [1.807, 2.05) is 47.6 Å². The molecule has 1 aliphatic rings. The second kappa shape index (κ2) is 10.2. The molecule has 4 rings (SSSR count). The van der Waals surface area contributed by atoms with Crippen LogP contribution < -0.4 is 5.32 Å². The zero-order valence-electron chi connectivity index (χ0n) is 18.6. The third-order valence-electron chi connectivity index (χ3n) is 5.60. The van der Waals surface area contributed by atoms with Gasteiger partial charge in [-0.25, -0.2) is 4.39 Å². The fourth-order valence-electron chi connectivity index (χ4n) is 4.03. The van der Waals surface area contributed by atoms with Crippen LogP contribution in [0.3, 0.4) is 0 Å². The maximum atomic E-state index is 13.2. The van der Waals surface area contributed by atoms with Crippen LogP contribution in [0.2, 0.25) is 0 Å². The molecule has 7 nitrogen and oxygen atoms in total. The van der Waals surface area contributed by atoms with Crippen molar-refractivity contribution in [1.82, 2.24) is 19.7 Å². The second-order valence-electron chi connectivity index (χ2n) is 7.95. The molecule has 0 aliphatic carbocycles. The first-order chi connectivity index (χ1) is 16.0. The van der Waals surface area contributed by atoms with Crippen molar-refractivity contribution in [2.75, 3.05) is 17.6 Å². The van der Waals surface area contributed by atoms with Gasteiger partial charge in [0.05, 0.1) is 11.8 Å². The number of likely N-dealkylation sites (tertiary alicyclic amines) is 1. The van der Waals surface area contributed by atoms with Crippen LogP contribution in [0.5, 0.6) is 0 Å². The number of amides is 2. The number of hydrogen-bond acceptors (Lipinski definition) is 5. The minimum absolute atomic E-state index is 0.000248. The number of nitrogens with zero attached hydrogens (tertiary/aromatic N) is 4. The average Bonchev–Trinajstić information content (AvgIpc) is 3.45. The van der Waals surface area contributed by atoms with Gasteiger partial charge in [-0.15, -0.1) is 10.2 Å².